The number of carbonyl (C=O) groups excluding carboxylic acids is 1. The number of rotatable bonds is 11. The summed E-state index contributed by atoms with van der Waals surface area (Å²) in [5, 5.41) is 6.30. The molecule has 0 atom stereocenters. The first-order valence-corrected chi connectivity index (χ1v) is 20.1. The van der Waals surface area contributed by atoms with Crippen LogP contribution in [0.25, 0.3) is 0 Å². The average Bonchev–Trinajstić information content (AvgIpc) is 3.44. The SMILES string of the molecule is COc1cc(N2CCN(C)CC2)ccc1N.COc1cc2c(cc1Nc1ncc(F)c(Nc3ccc(N4CCN(C)CC4)cc3OC)n1)CCN(CC(=O)N(C)C)CC2. The molecule has 1 amide bonds. The number of halogens is 1. The maximum absolute atomic E-state index is 14.9. The lowest BCUT2D eigenvalue weighted by Crippen LogP contribution is -2.44. The van der Waals surface area contributed by atoms with E-state index in [2.05, 4.69) is 65.3 Å². The Bertz CT molecular complexity index is 2040. The molecule has 1 aromatic heterocycles. The number of piperazine rings is 2. The van der Waals surface area contributed by atoms with Crippen LogP contribution in [0.15, 0.2) is 54.7 Å². The number of benzene rings is 3. The van der Waals surface area contributed by atoms with Crippen LogP contribution in [0, 0.1) is 5.82 Å². The van der Waals surface area contributed by atoms with Crippen molar-refractivity contribution in [3.63, 3.8) is 0 Å². The van der Waals surface area contributed by atoms with Gasteiger partial charge in [-0.05, 0) is 74.5 Å². The Morgan fingerprint density at radius 3 is 1.85 bits per heavy atom. The van der Waals surface area contributed by atoms with Crippen molar-refractivity contribution in [3.05, 3.63) is 71.7 Å². The molecule has 0 radical (unpaired) electrons. The molecule has 3 aliphatic heterocycles. The van der Waals surface area contributed by atoms with E-state index in [1.807, 2.05) is 42.5 Å². The predicted molar refractivity (Wildman–Crippen MR) is 234 cm³/mol. The van der Waals surface area contributed by atoms with Crippen molar-refractivity contribution in [3.8, 4) is 17.2 Å². The fourth-order valence-corrected chi connectivity index (χ4v) is 7.33. The monoisotopic (exact) mass is 813 g/mol. The molecule has 2 fully saturated rings. The van der Waals surface area contributed by atoms with Crippen LogP contribution in [0.5, 0.6) is 17.2 Å². The van der Waals surface area contributed by atoms with Gasteiger partial charge in [0.25, 0.3) is 0 Å². The largest absolute Gasteiger partial charge is 0.495 e. The normalized spacial score (nSPS) is 16.3. The highest BCUT2D eigenvalue weighted by molar-refractivity contribution is 5.77. The number of hydrogen-bond acceptors (Lipinski definition) is 14. The summed E-state index contributed by atoms with van der Waals surface area (Å²) in [4.78, 5) is 34.0. The number of nitrogens with zero attached hydrogens (tertiary/aromatic N) is 8. The minimum atomic E-state index is -0.586. The van der Waals surface area contributed by atoms with E-state index < -0.39 is 5.82 Å². The zero-order valence-corrected chi connectivity index (χ0v) is 35.6. The first-order valence-electron chi connectivity index (χ1n) is 20.1. The fourth-order valence-electron chi connectivity index (χ4n) is 7.33. The lowest BCUT2D eigenvalue weighted by atomic mass is 10.0. The quantitative estimate of drug-likeness (QED) is 0.185. The molecule has 4 aromatic rings. The first kappa shape index (κ1) is 43.0. The average molecular weight is 814 g/mol. The van der Waals surface area contributed by atoms with Crippen molar-refractivity contribution in [2.24, 2.45) is 0 Å². The van der Waals surface area contributed by atoms with Crippen LogP contribution in [-0.4, -0.2) is 157 Å². The number of anilines is 7. The molecule has 15 nitrogen and oxygen atoms in total. The predicted octanol–water partition coefficient (Wildman–Crippen LogP) is 4.39. The topological polar surface area (TPSA) is 140 Å². The number of amides is 1. The molecule has 0 saturated carbocycles. The number of nitrogen functional groups attached to an aromatic ring is 1. The molecule has 3 aromatic carbocycles. The van der Waals surface area contributed by atoms with Crippen molar-refractivity contribution in [1.29, 1.82) is 0 Å². The maximum atomic E-state index is 14.9. The molecule has 16 heteroatoms. The second-order valence-electron chi connectivity index (χ2n) is 15.4. The number of aromatic nitrogens is 2. The van der Waals surface area contributed by atoms with E-state index >= 15 is 0 Å². The van der Waals surface area contributed by atoms with Gasteiger partial charge in [0.05, 0.1) is 51.1 Å². The smallest absolute Gasteiger partial charge is 0.236 e. The number of likely N-dealkylation sites (N-methyl/N-ethyl adjacent to an activating group) is 3. The molecule has 4 N–H and O–H groups in total. The molecule has 0 aliphatic carbocycles. The number of carbonyl (C=O) groups is 1. The molecular formula is C43H60FN11O4. The number of fused-ring (bicyclic) bond motifs is 1. The molecule has 3 aliphatic rings. The van der Waals surface area contributed by atoms with Gasteiger partial charge in [-0.15, -0.1) is 0 Å². The highest BCUT2D eigenvalue weighted by atomic mass is 19.1. The molecule has 59 heavy (non-hydrogen) atoms. The van der Waals surface area contributed by atoms with Gasteiger partial charge in [0.15, 0.2) is 11.6 Å². The van der Waals surface area contributed by atoms with Gasteiger partial charge in [0, 0.05) is 103 Å². The number of nitrogens with one attached hydrogen (secondary N) is 2. The Labute approximate surface area is 347 Å². The number of ether oxygens (including phenoxy) is 3. The second-order valence-corrected chi connectivity index (χ2v) is 15.4. The molecule has 318 valence electrons. The highest BCUT2D eigenvalue weighted by Crippen LogP contribution is 2.35. The fraction of sp³-hybridized carbons (Fsp3) is 0.465. The number of hydrogen-bond donors (Lipinski definition) is 3. The summed E-state index contributed by atoms with van der Waals surface area (Å²) in [6.07, 6.45) is 2.73. The van der Waals surface area contributed by atoms with Gasteiger partial charge in [-0.2, -0.15) is 4.98 Å². The minimum Gasteiger partial charge on any atom is -0.495 e. The van der Waals surface area contributed by atoms with E-state index in [0.29, 0.717) is 35.1 Å². The Morgan fingerprint density at radius 1 is 0.729 bits per heavy atom. The van der Waals surface area contributed by atoms with Crippen LogP contribution in [0.2, 0.25) is 0 Å². The van der Waals surface area contributed by atoms with E-state index in [4.69, 9.17) is 19.9 Å². The molecule has 7 rings (SSSR count). The third kappa shape index (κ3) is 11.1. The van der Waals surface area contributed by atoms with Crippen LogP contribution in [0.1, 0.15) is 11.1 Å². The Kier molecular flexibility index (Phi) is 14.5. The van der Waals surface area contributed by atoms with Crippen molar-refractivity contribution in [2.75, 3.05) is 148 Å². The first-order chi connectivity index (χ1) is 28.4. The van der Waals surface area contributed by atoms with E-state index in [-0.39, 0.29) is 17.7 Å². The Balaban J connectivity index is 0.000000305. The van der Waals surface area contributed by atoms with Gasteiger partial charge in [0.2, 0.25) is 11.9 Å². The molecule has 2 saturated heterocycles. The van der Waals surface area contributed by atoms with E-state index in [1.165, 1.54) is 11.3 Å². The summed E-state index contributed by atoms with van der Waals surface area (Å²) in [6.45, 7) is 10.1. The van der Waals surface area contributed by atoms with Gasteiger partial charge >= 0.3 is 0 Å². The van der Waals surface area contributed by atoms with Crippen LogP contribution in [0.4, 0.5) is 44.6 Å². The highest BCUT2D eigenvalue weighted by Gasteiger charge is 2.21. The molecule has 0 spiro atoms. The molecule has 4 heterocycles. The Hall–Kier alpha value is -5.58. The van der Waals surface area contributed by atoms with Gasteiger partial charge in [-0.25, -0.2) is 9.37 Å². The van der Waals surface area contributed by atoms with Crippen LogP contribution in [0.3, 0.4) is 0 Å². The van der Waals surface area contributed by atoms with Crippen LogP contribution >= 0.6 is 0 Å². The van der Waals surface area contributed by atoms with Gasteiger partial charge in [0.1, 0.15) is 17.2 Å². The summed E-state index contributed by atoms with van der Waals surface area (Å²) in [7, 11) is 12.7. The summed E-state index contributed by atoms with van der Waals surface area (Å²) in [5.41, 5.74) is 12.4. The van der Waals surface area contributed by atoms with Crippen LogP contribution < -0.4 is 40.4 Å². The second kappa shape index (κ2) is 19.9. The van der Waals surface area contributed by atoms with Crippen molar-refractivity contribution in [1.82, 2.24) is 29.6 Å². The van der Waals surface area contributed by atoms with E-state index in [9.17, 15) is 9.18 Å². The van der Waals surface area contributed by atoms with Gasteiger partial charge in [-0.1, -0.05) is 0 Å². The lowest BCUT2D eigenvalue weighted by molar-refractivity contribution is -0.129. The van der Waals surface area contributed by atoms with Crippen molar-refractivity contribution >= 4 is 46.1 Å². The molecule has 0 unspecified atom stereocenters. The van der Waals surface area contributed by atoms with Gasteiger partial charge in [-0.3, -0.25) is 9.69 Å². The van der Waals surface area contributed by atoms with Crippen molar-refractivity contribution < 1.29 is 23.4 Å². The zero-order chi connectivity index (χ0) is 42.1. The lowest BCUT2D eigenvalue weighted by Gasteiger charge is -2.34. The maximum Gasteiger partial charge on any atom is 0.236 e. The summed E-state index contributed by atoms with van der Waals surface area (Å²) < 4.78 is 31.5. The summed E-state index contributed by atoms with van der Waals surface area (Å²) in [5.74, 6) is 1.75. The Morgan fingerprint density at radius 2 is 1.27 bits per heavy atom. The zero-order valence-electron chi connectivity index (χ0n) is 35.6. The number of nitrogens with two attached hydrogens (primary N) is 1. The third-order valence-electron chi connectivity index (χ3n) is 11.2. The number of methoxy groups -OCH3 is 3. The third-order valence-corrected chi connectivity index (χ3v) is 11.2. The van der Waals surface area contributed by atoms with Crippen molar-refractivity contribution in [2.45, 2.75) is 12.8 Å². The molecular weight excluding hydrogens is 754 g/mol. The standard InChI is InChI=1S/C31H41FN8O3.C12H19N3O/c1-37(2)29(41)20-39-10-8-21-16-26(27(42-4)17-22(21)9-11-39)35-31-33-19-24(32)30(36-31)34-25-7-6-23(18-28(25)43-5)40-14-12-38(3)13-15-40;1-14-5-7-15(8-6-14)10-3-4-11(13)12(9-10)16-2/h6-7,16-19H,8-15,20H2,1-5H3,(H2,33,34,35,36);3-4,9H,5-8,13H2,1-2H3. The van der Waals surface area contributed by atoms with Crippen LogP contribution in [-0.2, 0) is 17.6 Å². The molecule has 0 bridgehead atoms. The van der Waals surface area contributed by atoms with E-state index in [0.717, 1.165) is 101 Å². The van der Waals surface area contributed by atoms with E-state index in [1.54, 1.807) is 40.3 Å². The van der Waals surface area contributed by atoms with Gasteiger partial charge < -0.3 is 55.1 Å². The summed E-state index contributed by atoms with van der Waals surface area (Å²) in [6, 6.07) is 15.9. The summed E-state index contributed by atoms with van der Waals surface area (Å²) >= 11 is 0. The minimum absolute atomic E-state index is 0.0260.